The van der Waals surface area contributed by atoms with Gasteiger partial charge in [0.05, 0.1) is 29.4 Å². The fraction of sp³-hybridized carbons (Fsp3) is 0.600. The van der Waals surface area contributed by atoms with Crippen molar-refractivity contribution in [2.24, 2.45) is 16.7 Å². The van der Waals surface area contributed by atoms with Crippen LogP contribution in [-0.2, 0) is 26.2 Å². The van der Waals surface area contributed by atoms with Crippen molar-refractivity contribution in [1.82, 2.24) is 24.0 Å². The normalized spacial score (nSPS) is 30.7. The van der Waals surface area contributed by atoms with E-state index in [0.29, 0.717) is 24.5 Å². The summed E-state index contributed by atoms with van der Waals surface area (Å²) in [7, 11) is 2.32. The van der Waals surface area contributed by atoms with Crippen LogP contribution in [0.25, 0.3) is 10.9 Å². The molecule has 1 unspecified atom stereocenters. The van der Waals surface area contributed by atoms with Gasteiger partial charge in [0.1, 0.15) is 5.75 Å². The quantitative estimate of drug-likeness (QED) is 0.469. The molecule has 1 N–H and O–H groups in total. The number of ether oxygens (including phenoxy) is 1. The van der Waals surface area contributed by atoms with E-state index in [4.69, 9.17) is 4.74 Å². The first-order chi connectivity index (χ1) is 24.4. The summed E-state index contributed by atoms with van der Waals surface area (Å²) in [6.07, 6.45) is 10.7. The van der Waals surface area contributed by atoms with Gasteiger partial charge in [-0.3, -0.25) is 9.59 Å². The third-order valence-corrected chi connectivity index (χ3v) is 15.3. The van der Waals surface area contributed by atoms with Crippen molar-refractivity contribution in [1.29, 1.82) is 0 Å². The molecule has 2 amide bonds. The van der Waals surface area contributed by atoms with Gasteiger partial charge in [0.25, 0.3) is 5.91 Å². The lowest BCUT2D eigenvalue weighted by Crippen LogP contribution is -2.44. The van der Waals surface area contributed by atoms with Crippen LogP contribution in [0, 0.1) is 16.7 Å². The second-order valence-corrected chi connectivity index (χ2v) is 19.4. The molecule has 10 nitrogen and oxygen atoms in total. The largest absolute Gasteiger partial charge is 0.496 e. The Morgan fingerprint density at radius 1 is 0.961 bits per heavy atom. The number of carbonyl (C=O) groups excluding carboxylic acids is 2. The molecule has 1 aromatic carbocycles. The van der Waals surface area contributed by atoms with E-state index in [1.54, 1.807) is 21.0 Å². The maximum Gasteiger partial charge on any atom is 0.265 e. The van der Waals surface area contributed by atoms with E-state index in [-0.39, 0.29) is 28.6 Å². The highest BCUT2D eigenvalue weighted by Gasteiger charge is 2.67. The summed E-state index contributed by atoms with van der Waals surface area (Å²) >= 11 is 0. The Bertz CT molecular complexity index is 2030. The molecule has 51 heavy (non-hydrogen) atoms. The maximum atomic E-state index is 15.1. The van der Waals surface area contributed by atoms with Crippen molar-refractivity contribution in [2.75, 3.05) is 60.5 Å². The van der Waals surface area contributed by atoms with Crippen LogP contribution in [0.15, 0.2) is 52.6 Å². The molecule has 0 bridgehead atoms. The number of fused-ring (bicyclic) bond motifs is 6. The number of aromatic nitrogens is 1. The number of hydrogen-bond donors (Lipinski definition) is 1. The summed E-state index contributed by atoms with van der Waals surface area (Å²) in [5.74, 6) is 0.239. The molecule has 2 aromatic rings. The van der Waals surface area contributed by atoms with Crippen molar-refractivity contribution in [3.63, 3.8) is 0 Å². The first-order valence-electron chi connectivity index (χ1n) is 18.9. The van der Waals surface area contributed by atoms with Gasteiger partial charge in [-0.1, -0.05) is 37.5 Å². The lowest BCUT2D eigenvalue weighted by Gasteiger charge is -2.35. The van der Waals surface area contributed by atoms with E-state index >= 15 is 4.79 Å². The Hall–Kier alpha value is -3.41. The van der Waals surface area contributed by atoms with Crippen molar-refractivity contribution in [3.8, 4) is 5.75 Å². The van der Waals surface area contributed by atoms with Crippen LogP contribution in [0.4, 0.5) is 0 Å². The maximum absolute atomic E-state index is 15.1. The van der Waals surface area contributed by atoms with E-state index in [1.165, 1.54) is 24.8 Å². The number of nitrogens with one attached hydrogen (secondary N) is 1. The molecule has 4 aliphatic heterocycles. The Labute approximate surface area is 301 Å². The number of allylic oxidation sites excluding steroid dienone is 4. The summed E-state index contributed by atoms with van der Waals surface area (Å²) in [4.78, 5) is 36.0. The minimum atomic E-state index is -3.82. The number of amides is 2. The number of methoxy groups -OCH3 is 1. The zero-order valence-corrected chi connectivity index (χ0v) is 31.4. The number of benzene rings is 1. The van der Waals surface area contributed by atoms with Gasteiger partial charge in [0, 0.05) is 73.6 Å². The summed E-state index contributed by atoms with van der Waals surface area (Å²) in [6.45, 7) is 9.17. The Kier molecular flexibility index (Phi) is 7.57. The van der Waals surface area contributed by atoms with Crippen molar-refractivity contribution >= 4 is 32.7 Å². The lowest BCUT2D eigenvalue weighted by molar-refractivity contribution is -0.136. The van der Waals surface area contributed by atoms with Gasteiger partial charge < -0.3 is 24.0 Å². The monoisotopic (exact) mass is 713 g/mol. The molecule has 0 spiro atoms. The SMILES string of the molecule is COc1ccc(C2CCCCC2)c2c1cc1n2CC2=C(C(=O)NS(=O)(=O)C(C)C)C2=C2C=CC[C@@H](C(=O)N3CC45CN(C)CC4(CN(C)C5)C3)C21. The fourth-order valence-corrected chi connectivity index (χ4v) is 12.1. The average Bonchev–Trinajstić information content (AvgIpc) is 3.34. The topological polar surface area (TPSA) is 104 Å². The highest BCUT2D eigenvalue weighted by atomic mass is 32.2. The molecule has 2 atom stereocenters. The zero-order valence-electron chi connectivity index (χ0n) is 30.6. The second-order valence-electron chi connectivity index (χ2n) is 17.1. The minimum Gasteiger partial charge on any atom is -0.496 e. The molecule has 4 fully saturated rings. The zero-order chi connectivity index (χ0) is 35.6. The van der Waals surface area contributed by atoms with Crippen LogP contribution in [-0.4, -0.2) is 105 Å². The fourth-order valence-electron chi connectivity index (χ4n) is 11.5. The number of hydrogen-bond acceptors (Lipinski definition) is 7. The standard InChI is InChI=1S/C40H51N5O5S/c1-24(2)51(48,49)41-37(46)35-30-17-45-31(16-29-32(50-5)15-14-26(36(29)45)25-10-7-6-8-11-25)33-27(34(30)35)12-9-13-28(33)38(47)44-22-39-18-42(3)19-40(39,23-44)21-43(4)20-39/h9,12,14-16,24-25,28,33H,6-8,10-11,13,17-23H2,1-5H3,(H,41,46)/t28-,33?,39?,40?/m1/s1. The van der Waals surface area contributed by atoms with Crippen LogP contribution in [0.5, 0.6) is 5.75 Å². The summed E-state index contributed by atoms with van der Waals surface area (Å²) in [6, 6.07) is 6.58. The molecule has 11 heteroatoms. The number of likely N-dealkylation sites (tertiary alicyclic amines) is 3. The van der Waals surface area contributed by atoms with Crippen molar-refractivity contribution < 1.29 is 22.7 Å². The summed E-state index contributed by atoms with van der Waals surface area (Å²) < 4.78 is 36.5. The van der Waals surface area contributed by atoms with Gasteiger partial charge in [-0.2, -0.15) is 0 Å². The van der Waals surface area contributed by atoms with Crippen LogP contribution in [0.3, 0.4) is 0 Å². The molecule has 1 aromatic heterocycles. The van der Waals surface area contributed by atoms with Gasteiger partial charge in [-0.15, -0.1) is 0 Å². The van der Waals surface area contributed by atoms with Gasteiger partial charge in [-0.05, 0) is 87.5 Å². The number of carbonyl (C=O) groups is 2. The summed E-state index contributed by atoms with van der Waals surface area (Å²) in [5.41, 5.74) is 6.79. The van der Waals surface area contributed by atoms with Crippen LogP contribution in [0.2, 0.25) is 0 Å². The van der Waals surface area contributed by atoms with Crippen molar-refractivity contribution in [3.05, 3.63) is 63.9 Å². The third-order valence-electron chi connectivity index (χ3n) is 13.6. The smallest absolute Gasteiger partial charge is 0.265 e. The molecule has 5 heterocycles. The van der Waals surface area contributed by atoms with E-state index in [1.807, 2.05) is 0 Å². The molecule has 1 saturated carbocycles. The Morgan fingerprint density at radius 2 is 1.63 bits per heavy atom. The number of nitrogens with zero attached hydrogens (tertiary/aromatic N) is 4. The highest BCUT2D eigenvalue weighted by Crippen LogP contribution is 2.58. The van der Waals surface area contributed by atoms with Gasteiger partial charge in [0.2, 0.25) is 15.9 Å². The van der Waals surface area contributed by atoms with E-state index in [2.05, 4.69) is 68.4 Å². The van der Waals surface area contributed by atoms with Crippen LogP contribution in [0.1, 0.15) is 75.5 Å². The molecule has 9 rings (SSSR count). The molecule has 7 aliphatic rings. The van der Waals surface area contributed by atoms with E-state index in [9.17, 15) is 13.2 Å². The van der Waals surface area contributed by atoms with Crippen molar-refractivity contribution in [2.45, 2.75) is 76.0 Å². The molecule has 0 radical (unpaired) electrons. The average molecular weight is 714 g/mol. The number of rotatable bonds is 6. The van der Waals surface area contributed by atoms with E-state index < -0.39 is 21.2 Å². The van der Waals surface area contributed by atoms with Crippen LogP contribution < -0.4 is 9.46 Å². The molecule has 3 aliphatic carbocycles. The van der Waals surface area contributed by atoms with Gasteiger partial charge in [0.15, 0.2) is 0 Å². The predicted molar refractivity (Wildman–Crippen MR) is 197 cm³/mol. The lowest BCUT2D eigenvalue weighted by atomic mass is 9.71. The first kappa shape index (κ1) is 33.4. The van der Waals surface area contributed by atoms with Gasteiger partial charge >= 0.3 is 0 Å². The summed E-state index contributed by atoms with van der Waals surface area (Å²) in [5, 5.41) is 0.309. The minimum absolute atomic E-state index is 0.0803. The molecular formula is C40H51N5O5S. The first-order valence-corrected chi connectivity index (χ1v) is 20.5. The molecule has 3 saturated heterocycles. The molecule has 272 valence electrons. The number of sulfonamides is 1. The predicted octanol–water partition coefficient (Wildman–Crippen LogP) is 4.54. The molecular weight excluding hydrogens is 663 g/mol. The second kappa shape index (κ2) is 11.5. The van der Waals surface area contributed by atoms with E-state index in [0.717, 1.165) is 91.2 Å². The Morgan fingerprint density at radius 3 is 2.25 bits per heavy atom. The Balaban J connectivity index is 1.18. The van der Waals surface area contributed by atoms with Crippen LogP contribution >= 0.6 is 0 Å². The third kappa shape index (κ3) is 4.89. The highest BCUT2D eigenvalue weighted by molar-refractivity contribution is 7.90. The van der Waals surface area contributed by atoms with Gasteiger partial charge in [-0.25, -0.2) is 13.1 Å².